The summed E-state index contributed by atoms with van der Waals surface area (Å²) in [4.78, 5) is 0. The topological polar surface area (TPSA) is 21.3 Å². The summed E-state index contributed by atoms with van der Waals surface area (Å²) in [6.45, 7) is 2.17. The lowest BCUT2D eigenvalue weighted by Gasteiger charge is -2.41. The van der Waals surface area contributed by atoms with Gasteiger partial charge in [0.15, 0.2) is 0 Å². The van der Waals surface area contributed by atoms with E-state index in [4.69, 9.17) is 4.74 Å². The minimum Gasteiger partial charge on any atom is -0.374 e. The molecule has 0 aromatic carbocycles. The van der Waals surface area contributed by atoms with Gasteiger partial charge < -0.3 is 10.1 Å². The van der Waals surface area contributed by atoms with E-state index in [1.807, 2.05) is 0 Å². The molecule has 3 aliphatic rings. The summed E-state index contributed by atoms with van der Waals surface area (Å²) < 4.78 is 6.66. The van der Waals surface area contributed by atoms with Gasteiger partial charge in [-0.2, -0.15) is 23.5 Å². The maximum absolute atomic E-state index is 6.13. The molecule has 3 rings (SSSR count). The number of rotatable bonds is 4. The summed E-state index contributed by atoms with van der Waals surface area (Å²) in [6, 6.07) is 0.688. The van der Waals surface area contributed by atoms with E-state index in [2.05, 4.69) is 35.1 Å². The molecule has 2 aliphatic heterocycles. The van der Waals surface area contributed by atoms with E-state index in [1.54, 1.807) is 0 Å². The zero-order valence-electron chi connectivity index (χ0n) is 12.8. The molecule has 116 valence electrons. The number of thioether (sulfide) groups is 2. The normalized spacial score (nSPS) is 37.4. The van der Waals surface area contributed by atoms with E-state index >= 15 is 0 Å². The Morgan fingerprint density at radius 1 is 1.25 bits per heavy atom. The maximum atomic E-state index is 6.13. The van der Waals surface area contributed by atoms with Crippen molar-refractivity contribution in [2.45, 2.75) is 67.8 Å². The molecule has 0 bridgehead atoms. The van der Waals surface area contributed by atoms with Crippen LogP contribution in [0.15, 0.2) is 0 Å². The maximum Gasteiger partial charge on any atom is 0.0795 e. The van der Waals surface area contributed by atoms with Crippen molar-refractivity contribution >= 4 is 23.5 Å². The lowest BCUT2D eigenvalue weighted by Crippen LogP contribution is -2.50. The van der Waals surface area contributed by atoms with E-state index in [9.17, 15) is 0 Å². The molecule has 1 saturated carbocycles. The highest BCUT2D eigenvalue weighted by molar-refractivity contribution is 8.00. The van der Waals surface area contributed by atoms with Crippen molar-refractivity contribution in [3.8, 4) is 0 Å². The first-order valence-electron chi connectivity index (χ1n) is 8.26. The van der Waals surface area contributed by atoms with Crippen LogP contribution < -0.4 is 5.32 Å². The molecular weight excluding hydrogens is 286 g/mol. The largest absolute Gasteiger partial charge is 0.374 e. The molecule has 4 heteroatoms. The van der Waals surface area contributed by atoms with Gasteiger partial charge in [-0.25, -0.2) is 0 Å². The van der Waals surface area contributed by atoms with Crippen LogP contribution in [0, 0.1) is 0 Å². The van der Waals surface area contributed by atoms with Crippen LogP contribution in [0.4, 0.5) is 0 Å². The average molecular weight is 316 g/mol. The molecule has 1 aliphatic carbocycles. The smallest absolute Gasteiger partial charge is 0.0795 e. The van der Waals surface area contributed by atoms with Crippen LogP contribution in [0.25, 0.3) is 0 Å². The molecule has 1 N–H and O–H groups in total. The first-order valence-corrected chi connectivity index (χ1v) is 10.6. The second-order valence-corrected chi connectivity index (χ2v) is 9.23. The predicted octanol–water partition coefficient (Wildman–Crippen LogP) is 3.70. The Morgan fingerprint density at radius 3 is 2.80 bits per heavy atom. The molecule has 2 saturated heterocycles. The fourth-order valence-corrected chi connectivity index (χ4v) is 6.35. The third-order valence-electron chi connectivity index (χ3n) is 5.47. The third kappa shape index (κ3) is 3.50. The molecule has 2 nitrogen and oxygen atoms in total. The van der Waals surface area contributed by atoms with Crippen LogP contribution in [-0.2, 0) is 4.74 Å². The summed E-state index contributed by atoms with van der Waals surface area (Å²) in [5.74, 6) is 2.51. The first kappa shape index (κ1) is 15.5. The molecule has 2 atom stereocenters. The SMILES string of the molecule is CSC1(CNC2CCOC3(CCSC3)C2)CCCCC1. The highest BCUT2D eigenvalue weighted by Gasteiger charge is 2.41. The van der Waals surface area contributed by atoms with Crippen LogP contribution in [-0.4, -0.2) is 47.3 Å². The molecule has 0 aromatic heterocycles. The fraction of sp³-hybridized carbons (Fsp3) is 1.00. The molecule has 0 aromatic rings. The van der Waals surface area contributed by atoms with Crippen LogP contribution in [0.2, 0.25) is 0 Å². The van der Waals surface area contributed by atoms with Gasteiger partial charge in [-0.15, -0.1) is 0 Å². The van der Waals surface area contributed by atoms with Gasteiger partial charge in [-0.05, 0) is 44.1 Å². The minimum atomic E-state index is 0.222. The molecule has 0 radical (unpaired) electrons. The highest BCUT2D eigenvalue weighted by Crippen LogP contribution is 2.40. The lowest BCUT2D eigenvalue weighted by atomic mass is 9.86. The standard InChI is InChI=1S/C16H29NOS2/c1-19-16(6-3-2-4-7-16)12-17-14-5-9-18-15(11-14)8-10-20-13-15/h14,17H,2-13H2,1H3. The summed E-state index contributed by atoms with van der Waals surface area (Å²) in [6.07, 6.45) is 13.1. The second-order valence-electron chi connectivity index (χ2n) is 6.85. The van der Waals surface area contributed by atoms with Crippen molar-refractivity contribution in [3.63, 3.8) is 0 Å². The van der Waals surface area contributed by atoms with Gasteiger partial charge in [0.25, 0.3) is 0 Å². The van der Waals surface area contributed by atoms with Crippen molar-refractivity contribution in [2.75, 3.05) is 30.9 Å². The third-order valence-corrected chi connectivity index (χ3v) is 8.11. The molecule has 2 unspecified atom stereocenters. The zero-order chi connectivity index (χ0) is 13.9. The summed E-state index contributed by atoms with van der Waals surface area (Å²) in [5, 5.41) is 3.92. The predicted molar refractivity (Wildman–Crippen MR) is 91.0 cm³/mol. The van der Waals surface area contributed by atoms with Crippen molar-refractivity contribution in [2.24, 2.45) is 0 Å². The molecule has 1 spiro atoms. The summed E-state index contributed by atoms with van der Waals surface area (Å²) >= 11 is 4.18. The second kappa shape index (κ2) is 6.80. The van der Waals surface area contributed by atoms with Gasteiger partial charge in [-0.3, -0.25) is 0 Å². The van der Waals surface area contributed by atoms with Gasteiger partial charge >= 0.3 is 0 Å². The van der Waals surface area contributed by atoms with Crippen LogP contribution in [0.1, 0.15) is 51.4 Å². The minimum absolute atomic E-state index is 0.222. The van der Waals surface area contributed by atoms with Crippen molar-refractivity contribution in [1.82, 2.24) is 5.32 Å². The van der Waals surface area contributed by atoms with Gasteiger partial charge in [-0.1, -0.05) is 19.3 Å². The zero-order valence-corrected chi connectivity index (χ0v) is 14.4. The summed E-state index contributed by atoms with van der Waals surface area (Å²) in [5.41, 5.74) is 0.222. The lowest BCUT2D eigenvalue weighted by molar-refractivity contribution is -0.0703. The van der Waals surface area contributed by atoms with Crippen LogP contribution in [0.5, 0.6) is 0 Å². The Hall–Kier alpha value is 0.620. The molecule has 0 amide bonds. The van der Waals surface area contributed by atoms with Gasteiger partial charge in [0.05, 0.1) is 5.60 Å². The Kier molecular flexibility index (Phi) is 5.28. The molecule has 20 heavy (non-hydrogen) atoms. The highest BCUT2D eigenvalue weighted by atomic mass is 32.2. The van der Waals surface area contributed by atoms with E-state index in [0.29, 0.717) is 10.8 Å². The Balaban J connectivity index is 1.52. The Labute approximate surface area is 132 Å². The van der Waals surface area contributed by atoms with Gasteiger partial charge in [0.2, 0.25) is 0 Å². The summed E-state index contributed by atoms with van der Waals surface area (Å²) in [7, 11) is 0. The van der Waals surface area contributed by atoms with E-state index in [0.717, 1.165) is 6.61 Å². The van der Waals surface area contributed by atoms with Gasteiger partial charge in [0, 0.05) is 29.7 Å². The van der Waals surface area contributed by atoms with Crippen molar-refractivity contribution in [3.05, 3.63) is 0 Å². The Morgan fingerprint density at radius 2 is 2.10 bits per heavy atom. The van der Waals surface area contributed by atoms with Crippen molar-refractivity contribution < 1.29 is 4.74 Å². The number of hydrogen-bond donors (Lipinski definition) is 1. The fourth-order valence-electron chi connectivity index (χ4n) is 4.04. The average Bonchev–Trinajstić information content (AvgIpc) is 2.94. The Bertz CT molecular complexity index is 312. The quantitative estimate of drug-likeness (QED) is 0.853. The molecule has 2 heterocycles. The van der Waals surface area contributed by atoms with E-state index in [1.165, 1.54) is 69.4 Å². The molecule has 3 fully saturated rings. The monoisotopic (exact) mass is 315 g/mol. The van der Waals surface area contributed by atoms with E-state index in [-0.39, 0.29) is 5.60 Å². The number of nitrogens with one attached hydrogen (secondary N) is 1. The van der Waals surface area contributed by atoms with Crippen LogP contribution in [0.3, 0.4) is 0 Å². The van der Waals surface area contributed by atoms with Gasteiger partial charge in [0.1, 0.15) is 0 Å². The number of hydrogen-bond acceptors (Lipinski definition) is 4. The van der Waals surface area contributed by atoms with Crippen LogP contribution >= 0.6 is 23.5 Å². The number of ether oxygens (including phenoxy) is 1. The first-order chi connectivity index (χ1) is 9.76. The van der Waals surface area contributed by atoms with E-state index < -0.39 is 0 Å². The van der Waals surface area contributed by atoms with Crippen molar-refractivity contribution in [1.29, 1.82) is 0 Å². The molecular formula is C16H29NOS2.